The van der Waals surface area contributed by atoms with E-state index >= 15 is 0 Å². The lowest BCUT2D eigenvalue weighted by molar-refractivity contribution is 0.0888. The molecule has 0 radical (unpaired) electrons. The first-order valence-corrected chi connectivity index (χ1v) is 13.0. The van der Waals surface area contributed by atoms with Crippen molar-refractivity contribution in [1.82, 2.24) is 15.1 Å². The molecule has 0 spiro atoms. The topological polar surface area (TPSA) is 62.7 Å². The Kier molecular flexibility index (Phi) is 5.88. The van der Waals surface area contributed by atoms with E-state index in [1.807, 2.05) is 15.6 Å². The smallest absolute Gasteiger partial charge is 0.277 e. The summed E-state index contributed by atoms with van der Waals surface area (Å²) in [7, 11) is 0. The summed E-state index contributed by atoms with van der Waals surface area (Å²) in [6.45, 7) is 13.4. The summed E-state index contributed by atoms with van der Waals surface area (Å²) in [6, 6.07) is 8.88. The lowest BCUT2D eigenvalue weighted by atomic mass is 9.89. The van der Waals surface area contributed by atoms with E-state index in [0.717, 1.165) is 22.5 Å². The first-order valence-electron chi connectivity index (χ1n) is 13.0. The number of carbonyl (C=O) groups is 1. The number of ether oxygens (including phenoxy) is 1. The second kappa shape index (κ2) is 8.49. The molecule has 0 bridgehead atoms. The van der Waals surface area contributed by atoms with Crippen molar-refractivity contribution < 1.29 is 9.53 Å². The Morgan fingerprint density at radius 2 is 1.68 bits per heavy atom. The number of amides is 1. The highest BCUT2D eigenvalue weighted by molar-refractivity contribution is 6.07. The van der Waals surface area contributed by atoms with Crippen molar-refractivity contribution >= 4 is 11.6 Å². The Bertz CT molecular complexity index is 1060. The molecule has 1 saturated carbocycles. The molecule has 1 aromatic carbocycles. The fourth-order valence-corrected chi connectivity index (χ4v) is 5.90. The summed E-state index contributed by atoms with van der Waals surface area (Å²) >= 11 is 0. The fraction of sp³-hybridized carbons (Fsp3) is 0.643. The zero-order chi connectivity index (χ0) is 24.3. The summed E-state index contributed by atoms with van der Waals surface area (Å²) in [5, 5.41) is 8.67. The second-order valence-corrected chi connectivity index (χ2v) is 12.0. The zero-order valence-electron chi connectivity index (χ0n) is 21.6. The maximum Gasteiger partial charge on any atom is 0.277 e. The Labute approximate surface area is 204 Å². The average molecular weight is 465 g/mol. The number of nitrogens with zero attached hydrogens (tertiary/aromatic N) is 3. The third-order valence-corrected chi connectivity index (χ3v) is 7.78. The fourth-order valence-electron chi connectivity index (χ4n) is 5.90. The molecule has 3 aliphatic rings. The van der Waals surface area contributed by atoms with Crippen molar-refractivity contribution in [2.75, 3.05) is 4.90 Å². The molecule has 34 heavy (non-hydrogen) atoms. The van der Waals surface area contributed by atoms with Crippen LogP contribution >= 0.6 is 0 Å². The molecule has 6 nitrogen and oxygen atoms in total. The molecule has 1 aliphatic carbocycles. The maximum atomic E-state index is 14.1. The molecule has 184 valence electrons. The number of hydrogen-bond acceptors (Lipinski definition) is 4. The first kappa shape index (κ1) is 23.6. The Morgan fingerprint density at radius 1 is 1.03 bits per heavy atom. The number of hydrogen-bond donors (Lipinski definition) is 1. The second-order valence-electron chi connectivity index (χ2n) is 12.0. The van der Waals surface area contributed by atoms with Crippen LogP contribution in [0, 0.1) is 13.8 Å². The minimum absolute atomic E-state index is 0.00506. The van der Waals surface area contributed by atoms with Crippen molar-refractivity contribution in [3.63, 3.8) is 0 Å². The predicted molar refractivity (Wildman–Crippen MR) is 135 cm³/mol. The zero-order valence-corrected chi connectivity index (χ0v) is 21.6. The molecule has 1 amide bonds. The number of aryl methyl sites for hydroxylation is 2. The minimum atomic E-state index is -0.534. The Balaban J connectivity index is 1.50. The molecule has 1 N–H and O–H groups in total. The van der Waals surface area contributed by atoms with Crippen LogP contribution in [0.4, 0.5) is 5.69 Å². The predicted octanol–water partition coefficient (Wildman–Crippen LogP) is 5.25. The SMILES string of the molecule is Cc1cc(C)cc(N2C(=O)c3cc(C(C)(C)C)nn3CC2(C)C2OC2NC2CCCCCC2)c1. The molecule has 3 heterocycles. The van der Waals surface area contributed by atoms with Crippen molar-refractivity contribution in [2.45, 2.75) is 116 Å². The number of aromatic nitrogens is 2. The van der Waals surface area contributed by atoms with E-state index in [1.54, 1.807) is 0 Å². The van der Waals surface area contributed by atoms with Crippen LogP contribution in [0.25, 0.3) is 0 Å². The van der Waals surface area contributed by atoms with Crippen LogP contribution in [0.2, 0.25) is 0 Å². The average Bonchev–Trinajstić information content (AvgIpc) is 3.44. The van der Waals surface area contributed by atoms with Gasteiger partial charge in [-0.15, -0.1) is 0 Å². The van der Waals surface area contributed by atoms with Crippen LogP contribution in [-0.2, 0) is 16.7 Å². The van der Waals surface area contributed by atoms with Crippen LogP contribution in [0.5, 0.6) is 0 Å². The molecular weight excluding hydrogens is 424 g/mol. The third kappa shape index (κ3) is 4.31. The van der Waals surface area contributed by atoms with Crippen LogP contribution < -0.4 is 10.2 Å². The highest BCUT2D eigenvalue weighted by atomic mass is 16.6. The molecule has 2 fully saturated rings. The van der Waals surface area contributed by atoms with Gasteiger partial charge in [-0.3, -0.25) is 19.7 Å². The van der Waals surface area contributed by atoms with Gasteiger partial charge in [0.2, 0.25) is 0 Å². The van der Waals surface area contributed by atoms with Gasteiger partial charge in [-0.2, -0.15) is 5.10 Å². The molecule has 1 saturated heterocycles. The lowest BCUT2D eigenvalue weighted by Gasteiger charge is -2.44. The van der Waals surface area contributed by atoms with Gasteiger partial charge in [0.15, 0.2) is 0 Å². The van der Waals surface area contributed by atoms with Crippen LogP contribution in [0.1, 0.15) is 93.5 Å². The van der Waals surface area contributed by atoms with E-state index in [4.69, 9.17) is 9.84 Å². The molecule has 5 rings (SSSR count). The van der Waals surface area contributed by atoms with Gasteiger partial charge in [0.25, 0.3) is 5.91 Å². The molecule has 3 unspecified atom stereocenters. The number of anilines is 1. The van der Waals surface area contributed by atoms with Gasteiger partial charge in [0.1, 0.15) is 18.0 Å². The summed E-state index contributed by atoms with van der Waals surface area (Å²) in [5.41, 5.74) is 4.22. The molecule has 2 aliphatic heterocycles. The normalized spacial score (nSPS) is 28.1. The van der Waals surface area contributed by atoms with E-state index < -0.39 is 5.54 Å². The summed E-state index contributed by atoms with van der Waals surface area (Å²) in [5.74, 6) is 0.00506. The standard InChI is InChI=1S/C28H40N4O2/c1-18-13-19(2)15-21(14-18)32-26(33)22-16-23(27(3,4)5)30-31(22)17-28(32,6)24-25(34-24)29-20-11-9-7-8-10-12-20/h13-16,20,24-25,29H,7-12,17H2,1-6H3. The highest BCUT2D eigenvalue weighted by Crippen LogP contribution is 2.43. The van der Waals surface area contributed by atoms with Crippen molar-refractivity contribution in [3.8, 4) is 0 Å². The monoisotopic (exact) mass is 464 g/mol. The molecule has 2 aromatic rings. The number of nitrogens with one attached hydrogen (secondary N) is 1. The first-order chi connectivity index (χ1) is 16.1. The van der Waals surface area contributed by atoms with E-state index in [-0.39, 0.29) is 23.7 Å². The van der Waals surface area contributed by atoms with Gasteiger partial charge in [-0.1, -0.05) is 52.5 Å². The minimum Gasteiger partial charge on any atom is -0.351 e. The Hall–Kier alpha value is -2.18. The molecule has 1 aromatic heterocycles. The van der Waals surface area contributed by atoms with Crippen molar-refractivity contribution in [1.29, 1.82) is 0 Å². The van der Waals surface area contributed by atoms with Gasteiger partial charge < -0.3 is 4.74 Å². The van der Waals surface area contributed by atoms with E-state index in [0.29, 0.717) is 18.3 Å². The van der Waals surface area contributed by atoms with Crippen LogP contribution in [0.15, 0.2) is 24.3 Å². The lowest BCUT2D eigenvalue weighted by Crippen LogP contribution is -2.61. The van der Waals surface area contributed by atoms with Gasteiger partial charge in [-0.05, 0) is 62.9 Å². The molecular formula is C28H40N4O2. The van der Waals surface area contributed by atoms with Crippen LogP contribution in [-0.4, -0.2) is 39.6 Å². The maximum absolute atomic E-state index is 14.1. The number of epoxide rings is 1. The number of rotatable bonds is 4. The van der Waals surface area contributed by atoms with E-state index in [2.05, 4.69) is 65.1 Å². The largest absolute Gasteiger partial charge is 0.351 e. The highest BCUT2D eigenvalue weighted by Gasteiger charge is 2.59. The van der Waals surface area contributed by atoms with E-state index in [9.17, 15) is 4.79 Å². The van der Waals surface area contributed by atoms with Gasteiger partial charge in [-0.25, -0.2) is 0 Å². The quantitative estimate of drug-likeness (QED) is 0.496. The van der Waals surface area contributed by atoms with Crippen molar-refractivity contribution in [3.05, 3.63) is 46.8 Å². The van der Waals surface area contributed by atoms with Gasteiger partial charge >= 0.3 is 0 Å². The third-order valence-electron chi connectivity index (χ3n) is 7.78. The molecule has 3 atom stereocenters. The van der Waals surface area contributed by atoms with Crippen LogP contribution in [0.3, 0.4) is 0 Å². The number of benzene rings is 1. The van der Waals surface area contributed by atoms with E-state index in [1.165, 1.54) is 38.5 Å². The summed E-state index contributed by atoms with van der Waals surface area (Å²) in [6.07, 6.45) is 7.56. The number of carbonyl (C=O) groups excluding carboxylic acids is 1. The summed E-state index contributed by atoms with van der Waals surface area (Å²) in [4.78, 5) is 16.1. The van der Waals surface area contributed by atoms with Gasteiger partial charge in [0, 0.05) is 17.1 Å². The summed E-state index contributed by atoms with van der Waals surface area (Å²) < 4.78 is 8.23. The Morgan fingerprint density at radius 3 is 2.29 bits per heavy atom. The van der Waals surface area contributed by atoms with Gasteiger partial charge in [0.05, 0.1) is 17.8 Å². The number of fused-ring (bicyclic) bond motifs is 1. The molecule has 6 heteroatoms. The van der Waals surface area contributed by atoms with Crippen molar-refractivity contribution in [2.24, 2.45) is 0 Å².